The highest BCUT2D eigenvalue weighted by Crippen LogP contribution is 2.44. The van der Waals surface area contributed by atoms with E-state index in [0.29, 0.717) is 25.8 Å². The minimum absolute atomic E-state index is 0.0725. The lowest BCUT2D eigenvalue weighted by atomic mass is 9.84. The van der Waals surface area contributed by atoms with Crippen LogP contribution in [0.4, 0.5) is 4.79 Å². The van der Waals surface area contributed by atoms with Crippen molar-refractivity contribution >= 4 is 18.0 Å². The molecule has 0 heterocycles. The molecule has 0 aromatic heterocycles. The van der Waals surface area contributed by atoms with Crippen molar-refractivity contribution in [1.82, 2.24) is 10.6 Å². The van der Waals surface area contributed by atoms with Crippen LogP contribution in [0.1, 0.15) is 68.4 Å². The van der Waals surface area contributed by atoms with Gasteiger partial charge in [-0.3, -0.25) is 4.79 Å². The second-order valence-corrected chi connectivity index (χ2v) is 10.8. The molecule has 0 aliphatic heterocycles. The Hall–Kier alpha value is -3.69. The molecule has 2 aliphatic rings. The number of rotatable bonds is 12. The lowest BCUT2D eigenvalue weighted by Gasteiger charge is -2.34. The van der Waals surface area contributed by atoms with Crippen LogP contribution in [0.5, 0.6) is 0 Å². The number of carboxylic acids is 1. The van der Waals surface area contributed by atoms with Crippen LogP contribution in [-0.4, -0.2) is 66.2 Å². The first-order chi connectivity index (χ1) is 19.8. The number of amides is 2. The van der Waals surface area contributed by atoms with Gasteiger partial charge < -0.3 is 30.3 Å². The van der Waals surface area contributed by atoms with E-state index in [4.69, 9.17) is 9.47 Å². The van der Waals surface area contributed by atoms with Crippen LogP contribution in [0, 0.1) is 0 Å². The Morgan fingerprint density at radius 3 is 2.37 bits per heavy atom. The summed E-state index contributed by atoms with van der Waals surface area (Å²) in [4.78, 5) is 36.9. The summed E-state index contributed by atoms with van der Waals surface area (Å²) in [5, 5.41) is 26.0. The maximum Gasteiger partial charge on any atom is 0.407 e. The third-order valence-electron chi connectivity index (χ3n) is 7.97. The van der Waals surface area contributed by atoms with Crippen molar-refractivity contribution in [2.45, 2.75) is 75.0 Å². The van der Waals surface area contributed by atoms with E-state index in [1.165, 1.54) is 7.11 Å². The molecule has 9 heteroatoms. The molecule has 0 radical (unpaired) electrons. The van der Waals surface area contributed by atoms with Gasteiger partial charge in [0, 0.05) is 19.6 Å². The predicted molar refractivity (Wildman–Crippen MR) is 154 cm³/mol. The van der Waals surface area contributed by atoms with Gasteiger partial charge in [-0.1, -0.05) is 67.1 Å². The van der Waals surface area contributed by atoms with E-state index in [2.05, 4.69) is 10.6 Å². The average Bonchev–Trinajstić information content (AvgIpc) is 3.27. The van der Waals surface area contributed by atoms with E-state index in [9.17, 15) is 24.6 Å². The number of benzene rings is 2. The molecule has 9 nitrogen and oxygen atoms in total. The Morgan fingerprint density at radius 1 is 1.02 bits per heavy atom. The number of aliphatic hydroxyl groups is 1. The van der Waals surface area contributed by atoms with Gasteiger partial charge in [0.25, 0.3) is 0 Å². The summed E-state index contributed by atoms with van der Waals surface area (Å²) in [6.45, 7) is 0.435. The third-order valence-corrected chi connectivity index (χ3v) is 7.97. The van der Waals surface area contributed by atoms with Crippen molar-refractivity contribution < 1.29 is 34.1 Å². The van der Waals surface area contributed by atoms with E-state index in [0.717, 1.165) is 41.5 Å². The molecule has 0 bridgehead atoms. The minimum atomic E-state index is -1.27. The van der Waals surface area contributed by atoms with Gasteiger partial charge in [-0.25, -0.2) is 9.59 Å². The molecule has 0 spiro atoms. The van der Waals surface area contributed by atoms with Gasteiger partial charge in [-0.2, -0.15) is 0 Å². The van der Waals surface area contributed by atoms with Gasteiger partial charge in [-0.05, 0) is 60.8 Å². The molecule has 41 heavy (non-hydrogen) atoms. The fourth-order valence-electron chi connectivity index (χ4n) is 5.80. The zero-order chi connectivity index (χ0) is 29.2. The SMILES string of the molecule is COC1/C=C/CCCCC1(O)CC(=O)NCCCC[C@H](NC(=O)OCC1c2ccccc2-c2ccccc21)C(=O)O. The second-order valence-electron chi connectivity index (χ2n) is 10.8. The first kappa shape index (κ1) is 30.3. The minimum Gasteiger partial charge on any atom is -0.480 e. The summed E-state index contributed by atoms with van der Waals surface area (Å²) in [5.74, 6) is -1.54. The highest BCUT2D eigenvalue weighted by atomic mass is 16.5. The molecule has 220 valence electrons. The van der Waals surface area contributed by atoms with Crippen LogP contribution in [0.15, 0.2) is 60.7 Å². The van der Waals surface area contributed by atoms with Crippen LogP contribution in [-0.2, 0) is 19.1 Å². The number of carbonyl (C=O) groups excluding carboxylic acids is 2. The van der Waals surface area contributed by atoms with Gasteiger partial charge in [0.15, 0.2) is 0 Å². The van der Waals surface area contributed by atoms with Crippen LogP contribution < -0.4 is 10.6 Å². The monoisotopic (exact) mass is 564 g/mol. The summed E-state index contributed by atoms with van der Waals surface area (Å²) in [5.41, 5.74) is 3.11. The van der Waals surface area contributed by atoms with E-state index in [1.807, 2.05) is 60.7 Å². The topological polar surface area (TPSA) is 134 Å². The Balaban J connectivity index is 1.20. The molecule has 4 N–H and O–H groups in total. The fourth-order valence-corrected chi connectivity index (χ4v) is 5.80. The van der Waals surface area contributed by atoms with Crippen molar-refractivity contribution in [2.75, 3.05) is 20.3 Å². The van der Waals surface area contributed by atoms with Crippen molar-refractivity contribution in [3.05, 3.63) is 71.8 Å². The average molecular weight is 565 g/mol. The largest absolute Gasteiger partial charge is 0.480 e. The lowest BCUT2D eigenvalue weighted by molar-refractivity contribution is -0.139. The highest BCUT2D eigenvalue weighted by Gasteiger charge is 2.38. The molecule has 2 aliphatic carbocycles. The number of nitrogens with one attached hydrogen (secondary N) is 2. The number of carbonyl (C=O) groups is 3. The van der Waals surface area contributed by atoms with E-state index in [-0.39, 0.29) is 31.3 Å². The number of methoxy groups -OCH3 is 1. The Labute approximate surface area is 240 Å². The molecule has 2 unspecified atom stereocenters. The van der Waals surface area contributed by atoms with E-state index >= 15 is 0 Å². The van der Waals surface area contributed by atoms with Crippen molar-refractivity contribution in [2.24, 2.45) is 0 Å². The van der Waals surface area contributed by atoms with Crippen LogP contribution in [0.2, 0.25) is 0 Å². The molecule has 0 fully saturated rings. The number of ether oxygens (including phenoxy) is 2. The van der Waals surface area contributed by atoms with Crippen molar-refractivity contribution in [3.63, 3.8) is 0 Å². The molecule has 0 saturated carbocycles. The summed E-state index contributed by atoms with van der Waals surface area (Å²) in [7, 11) is 1.52. The molecule has 4 rings (SSSR count). The Bertz CT molecular complexity index is 1200. The smallest absolute Gasteiger partial charge is 0.407 e. The maximum absolute atomic E-state index is 12.5. The molecular weight excluding hydrogens is 524 g/mol. The molecule has 2 aromatic rings. The van der Waals surface area contributed by atoms with Crippen LogP contribution >= 0.6 is 0 Å². The molecule has 3 atom stereocenters. The number of allylic oxidation sites excluding steroid dienone is 1. The second kappa shape index (κ2) is 14.3. The van der Waals surface area contributed by atoms with Gasteiger partial charge in [0.05, 0.1) is 6.42 Å². The standard InChI is InChI=1S/C32H40N2O7/c1-40-28-17-4-2-3-10-18-32(28,39)20-29(35)33-19-11-9-16-27(30(36)37)34-31(38)41-21-26-24-14-7-5-12-22(24)23-13-6-8-15-25(23)26/h4-8,12-15,17,26-28,39H,2-3,9-11,16,18-21H2,1H3,(H,33,35)(H,34,38)(H,36,37)/b17-4+/t27-,28?,32?/m0/s1. The van der Waals surface area contributed by atoms with Crippen LogP contribution in [0.25, 0.3) is 11.1 Å². The number of hydrogen-bond acceptors (Lipinski definition) is 6. The summed E-state index contributed by atoms with van der Waals surface area (Å²) in [6.07, 6.45) is 6.74. The number of alkyl carbamates (subject to hydrolysis) is 1. The van der Waals surface area contributed by atoms with Gasteiger partial charge in [-0.15, -0.1) is 0 Å². The first-order valence-corrected chi connectivity index (χ1v) is 14.4. The number of carboxylic acid groups (broad SMARTS) is 1. The summed E-state index contributed by atoms with van der Waals surface area (Å²) in [6, 6.07) is 14.9. The predicted octanol–water partition coefficient (Wildman–Crippen LogP) is 4.53. The maximum atomic E-state index is 12.5. The summed E-state index contributed by atoms with van der Waals surface area (Å²) >= 11 is 0. The fraction of sp³-hybridized carbons (Fsp3) is 0.469. The zero-order valence-corrected chi connectivity index (χ0v) is 23.5. The highest BCUT2D eigenvalue weighted by molar-refractivity contribution is 5.81. The Morgan fingerprint density at radius 2 is 1.71 bits per heavy atom. The normalized spacial score (nSPS) is 21.5. The molecule has 2 aromatic carbocycles. The molecule has 0 saturated heterocycles. The number of hydrogen-bond donors (Lipinski definition) is 4. The lowest BCUT2D eigenvalue weighted by Crippen LogP contribution is -2.47. The number of aliphatic carboxylic acids is 1. The van der Waals surface area contributed by atoms with Gasteiger partial charge >= 0.3 is 12.1 Å². The van der Waals surface area contributed by atoms with E-state index in [1.54, 1.807) is 0 Å². The number of fused-ring (bicyclic) bond motifs is 3. The van der Waals surface area contributed by atoms with Gasteiger partial charge in [0.1, 0.15) is 24.4 Å². The molecular formula is C32H40N2O7. The van der Waals surface area contributed by atoms with Crippen LogP contribution in [0.3, 0.4) is 0 Å². The Kier molecular flexibility index (Phi) is 10.5. The summed E-state index contributed by atoms with van der Waals surface area (Å²) < 4.78 is 10.9. The number of unbranched alkanes of at least 4 members (excludes halogenated alkanes) is 1. The molecule has 2 amide bonds. The van der Waals surface area contributed by atoms with Crippen molar-refractivity contribution in [3.8, 4) is 11.1 Å². The first-order valence-electron chi connectivity index (χ1n) is 14.4. The van der Waals surface area contributed by atoms with Gasteiger partial charge in [0.2, 0.25) is 5.91 Å². The van der Waals surface area contributed by atoms with E-state index < -0.39 is 29.8 Å². The zero-order valence-electron chi connectivity index (χ0n) is 23.5. The quantitative estimate of drug-likeness (QED) is 0.220. The van der Waals surface area contributed by atoms with Crippen molar-refractivity contribution in [1.29, 1.82) is 0 Å². The third kappa shape index (κ3) is 7.74.